The molecule has 1 atom stereocenters. The lowest BCUT2D eigenvalue weighted by Crippen LogP contribution is -2.35. The highest BCUT2D eigenvalue weighted by atomic mass is 127. The topological polar surface area (TPSA) is 49.0 Å². The van der Waals surface area contributed by atoms with Gasteiger partial charge < -0.3 is 4.98 Å². The van der Waals surface area contributed by atoms with Crippen LogP contribution >= 0.6 is 34.4 Å². The summed E-state index contributed by atoms with van der Waals surface area (Å²) in [7, 11) is 2.09. The Balaban J connectivity index is 2.08. The number of thioether (sulfide) groups is 1. The lowest BCUT2D eigenvalue weighted by Gasteiger charge is -2.31. The molecule has 110 valence electrons. The van der Waals surface area contributed by atoms with Crippen molar-refractivity contribution in [1.29, 1.82) is 0 Å². The third-order valence-electron chi connectivity index (χ3n) is 3.64. The Kier molecular flexibility index (Phi) is 4.66. The lowest BCUT2D eigenvalue weighted by molar-refractivity contribution is 0.264. The van der Waals surface area contributed by atoms with Crippen LogP contribution in [-0.2, 0) is 0 Å². The fourth-order valence-electron chi connectivity index (χ4n) is 2.40. The SMILES string of the molecule is CN1CCSCC1c1nc(-c2ccccc2)c(I)c(=O)[nH]1. The summed E-state index contributed by atoms with van der Waals surface area (Å²) in [5.74, 6) is 2.87. The van der Waals surface area contributed by atoms with Crippen molar-refractivity contribution in [1.82, 2.24) is 14.9 Å². The highest BCUT2D eigenvalue weighted by Gasteiger charge is 2.24. The largest absolute Gasteiger partial charge is 0.308 e. The molecule has 1 saturated heterocycles. The first kappa shape index (κ1) is 15.1. The number of H-pyrrole nitrogens is 1. The number of aromatic amines is 1. The van der Waals surface area contributed by atoms with Gasteiger partial charge in [0.25, 0.3) is 5.56 Å². The molecule has 0 aliphatic carbocycles. The van der Waals surface area contributed by atoms with Crippen molar-refractivity contribution < 1.29 is 0 Å². The van der Waals surface area contributed by atoms with Crippen molar-refractivity contribution in [3.8, 4) is 11.3 Å². The maximum atomic E-state index is 12.3. The minimum atomic E-state index is -0.0524. The Morgan fingerprint density at radius 2 is 2.14 bits per heavy atom. The van der Waals surface area contributed by atoms with Gasteiger partial charge in [0.05, 0.1) is 11.7 Å². The van der Waals surface area contributed by atoms with Gasteiger partial charge in [-0.25, -0.2) is 4.98 Å². The van der Waals surface area contributed by atoms with Gasteiger partial charge in [0.1, 0.15) is 9.39 Å². The highest BCUT2D eigenvalue weighted by molar-refractivity contribution is 14.1. The smallest absolute Gasteiger partial charge is 0.265 e. The Labute approximate surface area is 141 Å². The van der Waals surface area contributed by atoms with E-state index in [0.717, 1.165) is 35.1 Å². The number of hydrogen-bond donors (Lipinski definition) is 1. The predicted molar refractivity (Wildman–Crippen MR) is 95.7 cm³/mol. The fraction of sp³-hybridized carbons (Fsp3) is 0.333. The number of benzene rings is 1. The molecule has 1 unspecified atom stereocenters. The number of aromatic nitrogens is 2. The summed E-state index contributed by atoms with van der Waals surface area (Å²) in [4.78, 5) is 22.2. The van der Waals surface area contributed by atoms with Crippen LogP contribution in [0.5, 0.6) is 0 Å². The Bertz CT molecular complexity index is 689. The van der Waals surface area contributed by atoms with Crippen LogP contribution < -0.4 is 5.56 Å². The van der Waals surface area contributed by atoms with Gasteiger partial charge in [0.15, 0.2) is 0 Å². The van der Waals surface area contributed by atoms with Gasteiger partial charge >= 0.3 is 0 Å². The molecule has 1 fully saturated rings. The fourth-order valence-corrected chi connectivity index (χ4v) is 4.18. The molecule has 1 aliphatic rings. The standard InChI is InChI=1S/C15H16IN3OS/c1-19-7-8-21-9-11(19)14-17-13(12(16)15(20)18-14)10-5-3-2-4-6-10/h2-6,11H,7-9H2,1H3,(H,17,18,20). The summed E-state index contributed by atoms with van der Waals surface area (Å²) in [5.41, 5.74) is 1.71. The minimum Gasteiger partial charge on any atom is -0.308 e. The third-order valence-corrected chi connectivity index (χ3v) is 5.66. The second kappa shape index (κ2) is 6.50. The van der Waals surface area contributed by atoms with Crippen LogP contribution in [0.15, 0.2) is 35.1 Å². The van der Waals surface area contributed by atoms with E-state index in [1.54, 1.807) is 0 Å². The van der Waals surface area contributed by atoms with Crippen LogP contribution in [0.2, 0.25) is 0 Å². The zero-order valence-electron chi connectivity index (χ0n) is 11.7. The van der Waals surface area contributed by atoms with Crippen molar-refractivity contribution in [2.75, 3.05) is 25.1 Å². The first-order chi connectivity index (χ1) is 10.2. The van der Waals surface area contributed by atoms with Crippen LogP contribution in [0.1, 0.15) is 11.9 Å². The maximum absolute atomic E-state index is 12.3. The molecule has 0 spiro atoms. The molecule has 1 aliphatic heterocycles. The molecule has 0 bridgehead atoms. The van der Waals surface area contributed by atoms with E-state index < -0.39 is 0 Å². The molecule has 1 N–H and O–H groups in total. The summed E-state index contributed by atoms with van der Waals surface area (Å²) in [6.45, 7) is 1.02. The van der Waals surface area contributed by atoms with Crippen LogP contribution in [-0.4, -0.2) is 40.0 Å². The van der Waals surface area contributed by atoms with Crippen LogP contribution in [0.25, 0.3) is 11.3 Å². The molecule has 0 saturated carbocycles. The monoisotopic (exact) mass is 413 g/mol. The summed E-state index contributed by atoms with van der Waals surface area (Å²) in [5, 5.41) is 0. The van der Waals surface area contributed by atoms with Gasteiger partial charge in [-0.15, -0.1) is 0 Å². The first-order valence-electron chi connectivity index (χ1n) is 6.80. The molecule has 1 aromatic heterocycles. The van der Waals surface area contributed by atoms with Crippen LogP contribution in [0, 0.1) is 3.57 Å². The predicted octanol–water partition coefficient (Wildman–Crippen LogP) is 2.76. The van der Waals surface area contributed by atoms with E-state index in [2.05, 4.69) is 39.5 Å². The molecular weight excluding hydrogens is 397 g/mol. The van der Waals surface area contributed by atoms with Gasteiger partial charge in [-0.2, -0.15) is 11.8 Å². The average Bonchev–Trinajstić information content (AvgIpc) is 2.51. The van der Waals surface area contributed by atoms with Crippen molar-refractivity contribution in [2.24, 2.45) is 0 Å². The van der Waals surface area contributed by atoms with E-state index in [1.165, 1.54) is 0 Å². The second-order valence-corrected chi connectivity index (χ2v) is 7.28. The summed E-state index contributed by atoms with van der Waals surface area (Å²) in [6, 6.07) is 10.1. The number of halogens is 1. The molecule has 4 nitrogen and oxygen atoms in total. The Morgan fingerprint density at radius 3 is 2.86 bits per heavy atom. The molecule has 1 aromatic carbocycles. The van der Waals surface area contributed by atoms with Gasteiger partial charge in [0, 0.05) is 23.6 Å². The number of nitrogens with zero attached hydrogens (tertiary/aromatic N) is 2. The lowest BCUT2D eigenvalue weighted by atomic mass is 10.1. The third kappa shape index (κ3) is 3.17. The molecule has 0 amide bonds. The van der Waals surface area contributed by atoms with Gasteiger partial charge in [0.2, 0.25) is 0 Å². The summed E-state index contributed by atoms with van der Waals surface area (Å²) < 4.78 is 0.647. The normalized spacial score (nSPS) is 19.6. The van der Waals surface area contributed by atoms with E-state index in [-0.39, 0.29) is 11.6 Å². The summed E-state index contributed by atoms with van der Waals surface area (Å²) >= 11 is 3.98. The average molecular weight is 413 g/mol. The zero-order valence-corrected chi connectivity index (χ0v) is 14.6. The van der Waals surface area contributed by atoms with Gasteiger partial charge in [-0.1, -0.05) is 30.3 Å². The van der Waals surface area contributed by atoms with E-state index in [1.807, 2.05) is 42.1 Å². The van der Waals surface area contributed by atoms with Gasteiger partial charge in [-0.3, -0.25) is 9.69 Å². The molecule has 3 rings (SSSR count). The van der Waals surface area contributed by atoms with E-state index in [4.69, 9.17) is 4.98 Å². The quantitative estimate of drug-likeness (QED) is 0.770. The summed E-state index contributed by atoms with van der Waals surface area (Å²) in [6.07, 6.45) is 0. The van der Waals surface area contributed by atoms with E-state index in [9.17, 15) is 4.79 Å². The Hall–Kier alpha value is -0.860. The van der Waals surface area contributed by atoms with Gasteiger partial charge in [-0.05, 0) is 29.6 Å². The van der Waals surface area contributed by atoms with Crippen LogP contribution in [0.3, 0.4) is 0 Å². The number of hydrogen-bond acceptors (Lipinski definition) is 4. The second-order valence-electron chi connectivity index (χ2n) is 5.05. The molecule has 2 heterocycles. The molecule has 21 heavy (non-hydrogen) atoms. The van der Waals surface area contributed by atoms with E-state index >= 15 is 0 Å². The van der Waals surface area contributed by atoms with Crippen molar-refractivity contribution in [2.45, 2.75) is 6.04 Å². The minimum absolute atomic E-state index is 0.0524. The molecule has 2 aromatic rings. The Morgan fingerprint density at radius 1 is 1.38 bits per heavy atom. The van der Waals surface area contributed by atoms with Crippen molar-refractivity contribution in [3.63, 3.8) is 0 Å². The van der Waals surface area contributed by atoms with Crippen molar-refractivity contribution in [3.05, 3.63) is 50.1 Å². The maximum Gasteiger partial charge on any atom is 0.265 e. The zero-order chi connectivity index (χ0) is 14.8. The molecule has 6 heteroatoms. The highest BCUT2D eigenvalue weighted by Crippen LogP contribution is 2.28. The molecular formula is C15H16IN3OS. The number of rotatable bonds is 2. The van der Waals surface area contributed by atoms with E-state index in [0.29, 0.717) is 3.57 Å². The van der Waals surface area contributed by atoms with Crippen LogP contribution in [0.4, 0.5) is 0 Å². The number of nitrogens with one attached hydrogen (secondary N) is 1. The first-order valence-corrected chi connectivity index (χ1v) is 9.03. The van der Waals surface area contributed by atoms with Crippen molar-refractivity contribution >= 4 is 34.4 Å². The molecule has 0 radical (unpaired) electrons.